The summed E-state index contributed by atoms with van der Waals surface area (Å²) < 4.78 is 22.8. The minimum absolute atomic E-state index is 0.207. The zero-order valence-corrected chi connectivity index (χ0v) is 48.7. The van der Waals surface area contributed by atoms with Crippen LogP contribution in [0.3, 0.4) is 0 Å². The van der Waals surface area contributed by atoms with Gasteiger partial charge in [0.25, 0.3) is 0 Å². The SMILES string of the molecule is CCCCCCC/C=C\C/C=C\C/C=C\CCCCCCCCCCCCCCCCCCCCCCC(=O)NC(COC1OC(CO)C(OC2OC(CO)C(O)C(O)C2O)C(O)C1O)C(O)CCCCCCCCCC. The van der Waals surface area contributed by atoms with E-state index in [0.29, 0.717) is 12.8 Å². The molecule has 0 radical (unpaired) electrons. The molecule has 0 aliphatic carbocycles. The maximum absolute atomic E-state index is 13.2. The molecule has 2 aliphatic heterocycles. The highest BCUT2D eigenvalue weighted by molar-refractivity contribution is 5.76. The Morgan fingerprint density at radius 2 is 0.857 bits per heavy atom. The summed E-state index contributed by atoms with van der Waals surface area (Å²) in [4.78, 5) is 13.2. The molecular formula is C63H117NO13. The summed E-state index contributed by atoms with van der Waals surface area (Å²) in [6.45, 7) is 2.82. The number of allylic oxidation sites excluding steroid dienone is 6. The molecule has 12 unspecified atom stereocenters. The van der Waals surface area contributed by atoms with E-state index in [1.165, 1.54) is 173 Å². The number of carbonyl (C=O) groups is 1. The van der Waals surface area contributed by atoms with E-state index in [1.807, 2.05) is 0 Å². The van der Waals surface area contributed by atoms with Crippen LogP contribution >= 0.6 is 0 Å². The van der Waals surface area contributed by atoms with Crippen molar-refractivity contribution in [1.82, 2.24) is 5.32 Å². The first kappa shape index (κ1) is 71.3. The third kappa shape index (κ3) is 34.3. The van der Waals surface area contributed by atoms with Crippen LogP contribution in [0.25, 0.3) is 0 Å². The van der Waals surface area contributed by atoms with Crippen LogP contribution in [0.5, 0.6) is 0 Å². The average Bonchev–Trinajstić information content (AvgIpc) is 3.44. The first-order valence-corrected chi connectivity index (χ1v) is 31.7. The Balaban J connectivity index is 1.55. The van der Waals surface area contributed by atoms with Gasteiger partial charge in [-0.25, -0.2) is 0 Å². The van der Waals surface area contributed by atoms with Crippen LogP contribution in [0.15, 0.2) is 36.5 Å². The van der Waals surface area contributed by atoms with Crippen LogP contribution in [0.2, 0.25) is 0 Å². The minimum Gasteiger partial charge on any atom is -0.394 e. The van der Waals surface area contributed by atoms with Gasteiger partial charge in [-0.15, -0.1) is 0 Å². The molecule has 77 heavy (non-hydrogen) atoms. The molecule has 14 nitrogen and oxygen atoms in total. The fourth-order valence-corrected chi connectivity index (χ4v) is 10.5. The predicted octanol–water partition coefficient (Wildman–Crippen LogP) is 11.4. The summed E-state index contributed by atoms with van der Waals surface area (Å²) in [7, 11) is 0. The van der Waals surface area contributed by atoms with Gasteiger partial charge in [-0.05, 0) is 51.4 Å². The quantitative estimate of drug-likeness (QED) is 0.0204. The summed E-state index contributed by atoms with van der Waals surface area (Å²) >= 11 is 0. The zero-order valence-electron chi connectivity index (χ0n) is 48.7. The molecule has 14 heteroatoms. The van der Waals surface area contributed by atoms with Crippen LogP contribution in [0.1, 0.15) is 264 Å². The van der Waals surface area contributed by atoms with Gasteiger partial charge in [-0.3, -0.25) is 4.79 Å². The molecule has 0 aromatic carbocycles. The van der Waals surface area contributed by atoms with Crippen molar-refractivity contribution in [2.45, 2.75) is 338 Å². The van der Waals surface area contributed by atoms with E-state index in [0.717, 1.165) is 64.2 Å². The number of unbranched alkanes of at least 4 members (excludes halogenated alkanes) is 32. The fourth-order valence-electron chi connectivity index (χ4n) is 10.5. The highest BCUT2D eigenvalue weighted by atomic mass is 16.7. The number of hydrogen-bond donors (Lipinski definition) is 9. The van der Waals surface area contributed by atoms with Crippen molar-refractivity contribution in [3.8, 4) is 0 Å². The number of amides is 1. The predicted molar refractivity (Wildman–Crippen MR) is 309 cm³/mol. The van der Waals surface area contributed by atoms with Crippen LogP contribution in [0, 0.1) is 0 Å². The molecule has 0 bridgehead atoms. The molecular weight excluding hydrogens is 979 g/mol. The van der Waals surface area contributed by atoms with Gasteiger partial charge in [0, 0.05) is 6.42 Å². The number of rotatable bonds is 51. The van der Waals surface area contributed by atoms with E-state index in [-0.39, 0.29) is 12.5 Å². The molecule has 9 N–H and O–H groups in total. The molecule has 0 aromatic heterocycles. The van der Waals surface area contributed by atoms with Gasteiger partial charge in [-0.1, -0.05) is 243 Å². The first-order valence-electron chi connectivity index (χ1n) is 31.7. The number of carbonyl (C=O) groups excluding carboxylic acids is 1. The minimum atomic E-state index is -1.78. The van der Waals surface area contributed by atoms with Gasteiger partial charge in [-0.2, -0.15) is 0 Å². The Hall–Kier alpha value is -1.79. The summed E-state index contributed by atoms with van der Waals surface area (Å²) in [6.07, 6.45) is 43.5. The lowest BCUT2D eigenvalue weighted by atomic mass is 9.97. The first-order chi connectivity index (χ1) is 37.6. The molecule has 2 fully saturated rings. The molecule has 2 heterocycles. The molecule has 0 spiro atoms. The monoisotopic (exact) mass is 1100 g/mol. The molecule has 452 valence electrons. The maximum atomic E-state index is 13.2. The fraction of sp³-hybridized carbons (Fsp3) is 0.889. The molecule has 2 aliphatic rings. The summed E-state index contributed by atoms with van der Waals surface area (Å²) in [5.41, 5.74) is 0. The van der Waals surface area contributed by atoms with Crippen LogP contribution in [-0.2, 0) is 23.7 Å². The third-order valence-corrected chi connectivity index (χ3v) is 15.6. The van der Waals surface area contributed by atoms with Crippen molar-refractivity contribution in [2.24, 2.45) is 0 Å². The molecule has 1 amide bonds. The van der Waals surface area contributed by atoms with Crippen LogP contribution < -0.4 is 5.32 Å². The summed E-state index contributed by atoms with van der Waals surface area (Å²) in [5.74, 6) is -0.207. The van der Waals surface area contributed by atoms with Crippen molar-refractivity contribution < 1.29 is 64.6 Å². The van der Waals surface area contributed by atoms with Gasteiger partial charge in [0.05, 0.1) is 32.0 Å². The number of ether oxygens (including phenoxy) is 4. The van der Waals surface area contributed by atoms with Crippen LogP contribution in [0.4, 0.5) is 0 Å². The number of aliphatic hydroxyl groups is 8. The normalized spacial score (nSPS) is 24.9. The smallest absolute Gasteiger partial charge is 0.220 e. The lowest BCUT2D eigenvalue weighted by Gasteiger charge is -2.46. The van der Waals surface area contributed by atoms with Crippen molar-refractivity contribution in [2.75, 3.05) is 19.8 Å². The molecule has 2 saturated heterocycles. The highest BCUT2D eigenvalue weighted by Crippen LogP contribution is 2.30. The zero-order chi connectivity index (χ0) is 56.0. The van der Waals surface area contributed by atoms with Crippen molar-refractivity contribution in [3.05, 3.63) is 36.5 Å². The Bertz CT molecular complexity index is 1430. The lowest BCUT2D eigenvalue weighted by Crippen LogP contribution is -2.65. The molecule has 0 saturated carbocycles. The van der Waals surface area contributed by atoms with Gasteiger partial charge in [0.2, 0.25) is 5.91 Å². The van der Waals surface area contributed by atoms with E-state index >= 15 is 0 Å². The van der Waals surface area contributed by atoms with Crippen molar-refractivity contribution in [1.29, 1.82) is 0 Å². The van der Waals surface area contributed by atoms with Crippen molar-refractivity contribution in [3.63, 3.8) is 0 Å². The number of aliphatic hydroxyl groups excluding tert-OH is 8. The van der Waals surface area contributed by atoms with E-state index < -0.39 is 86.8 Å². The topological polar surface area (TPSA) is 228 Å². The largest absolute Gasteiger partial charge is 0.394 e. The third-order valence-electron chi connectivity index (χ3n) is 15.6. The highest BCUT2D eigenvalue weighted by Gasteiger charge is 2.51. The Morgan fingerprint density at radius 3 is 1.31 bits per heavy atom. The Kier molecular flexibility index (Phi) is 45.3. The second kappa shape index (κ2) is 48.9. The van der Waals surface area contributed by atoms with Gasteiger partial charge in [0.1, 0.15) is 48.8 Å². The van der Waals surface area contributed by atoms with E-state index in [1.54, 1.807) is 0 Å². The van der Waals surface area contributed by atoms with Gasteiger partial charge < -0.3 is 65.1 Å². The number of hydrogen-bond acceptors (Lipinski definition) is 13. The van der Waals surface area contributed by atoms with Gasteiger partial charge in [0.15, 0.2) is 12.6 Å². The Labute approximate surface area is 468 Å². The van der Waals surface area contributed by atoms with E-state index in [9.17, 15) is 45.6 Å². The van der Waals surface area contributed by atoms with Crippen LogP contribution in [-0.4, -0.2) is 140 Å². The van der Waals surface area contributed by atoms with E-state index in [4.69, 9.17) is 18.9 Å². The second-order valence-corrected chi connectivity index (χ2v) is 22.5. The molecule has 12 atom stereocenters. The van der Waals surface area contributed by atoms with Gasteiger partial charge >= 0.3 is 0 Å². The molecule has 0 aromatic rings. The van der Waals surface area contributed by atoms with E-state index in [2.05, 4.69) is 55.6 Å². The Morgan fingerprint density at radius 1 is 0.468 bits per heavy atom. The molecule has 2 rings (SSSR count). The average molecular weight is 1100 g/mol. The lowest BCUT2D eigenvalue weighted by molar-refractivity contribution is -0.359. The second-order valence-electron chi connectivity index (χ2n) is 22.5. The van der Waals surface area contributed by atoms with Crippen molar-refractivity contribution >= 4 is 5.91 Å². The summed E-state index contributed by atoms with van der Waals surface area (Å²) in [6, 6.07) is -0.824. The standard InChI is InChI=1S/C63H117NO13/c1-3-5-7-9-11-13-14-15-16-17-18-19-20-21-22-23-24-25-26-27-28-29-30-31-32-33-34-35-36-37-38-39-41-43-45-47-55(68)64-51(52(67)46-44-42-40-12-10-8-6-4-2)50-74-62-60(73)58(71)61(54(49-66)76-62)77-63-59(72)57(70)56(69)53(48-65)75-63/h14-15,17-18,20-21,51-54,56-63,65-67,69-73H,3-13,16,19,22-50H2,1-2H3,(H,64,68)/b15-14-,18-17-,21-20-. The maximum Gasteiger partial charge on any atom is 0.220 e. The summed E-state index contributed by atoms with van der Waals surface area (Å²) in [5, 5.41) is 86.9. The number of nitrogens with one attached hydrogen (secondary N) is 1.